The fourth-order valence-corrected chi connectivity index (χ4v) is 3.34. The van der Waals surface area contributed by atoms with Crippen molar-refractivity contribution in [3.05, 3.63) is 12.2 Å². The molecule has 1 N–H and O–H groups in total. The SMILES string of the molecule is CCNCC(Cc1ncnn1CC(C)C)C1CCCC1. The Morgan fingerprint density at radius 3 is 2.75 bits per heavy atom. The van der Waals surface area contributed by atoms with Gasteiger partial charge in [-0.15, -0.1) is 0 Å². The predicted octanol–water partition coefficient (Wildman–Crippen LogP) is 2.89. The third-order valence-electron chi connectivity index (χ3n) is 4.40. The Kier molecular flexibility index (Phi) is 6.02. The van der Waals surface area contributed by atoms with E-state index >= 15 is 0 Å². The van der Waals surface area contributed by atoms with E-state index in [1.807, 2.05) is 0 Å². The summed E-state index contributed by atoms with van der Waals surface area (Å²) >= 11 is 0. The molecule has 0 spiro atoms. The summed E-state index contributed by atoms with van der Waals surface area (Å²) in [5, 5.41) is 7.94. The van der Waals surface area contributed by atoms with Gasteiger partial charge in [0, 0.05) is 13.0 Å². The van der Waals surface area contributed by atoms with Crippen LogP contribution in [0.4, 0.5) is 0 Å². The average molecular weight is 278 g/mol. The molecule has 1 saturated carbocycles. The summed E-state index contributed by atoms with van der Waals surface area (Å²) in [5.74, 6) is 3.38. The van der Waals surface area contributed by atoms with Gasteiger partial charge in [-0.3, -0.25) is 0 Å². The van der Waals surface area contributed by atoms with E-state index in [0.717, 1.165) is 32.0 Å². The molecule has 0 amide bonds. The van der Waals surface area contributed by atoms with E-state index in [-0.39, 0.29) is 0 Å². The van der Waals surface area contributed by atoms with Crippen molar-refractivity contribution in [3.8, 4) is 0 Å². The van der Waals surface area contributed by atoms with Gasteiger partial charge in [-0.25, -0.2) is 9.67 Å². The summed E-state index contributed by atoms with van der Waals surface area (Å²) < 4.78 is 2.11. The van der Waals surface area contributed by atoms with Gasteiger partial charge in [0.25, 0.3) is 0 Å². The van der Waals surface area contributed by atoms with Crippen LogP contribution in [-0.2, 0) is 13.0 Å². The molecule has 1 heterocycles. The monoisotopic (exact) mass is 278 g/mol. The standard InChI is InChI=1S/C16H30N4/c1-4-17-10-15(14-7-5-6-8-14)9-16-18-12-19-20(16)11-13(2)3/h12-15,17H,4-11H2,1-3H3. The van der Waals surface area contributed by atoms with Gasteiger partial charge in [-0.05, 0) is 30.8 Å². The van der Waals surface area contributed by atoms with Crippen molar-refractivity contribution in [2.75, 3.05) is 13.1 Å². The molecule has 0 saturated heterocycles. The highest BCUT2D eigenvalue weighted by atomic mass is 15.3. The van der Waals surface area contributed by atoms with Crippen molar-refractivity contribution < 1.29 is 0 Å². The quantitative estimate of drug-likeness (QED) is 0.795. The number of nitrogens with zero attached hydrogens (tertiary/aromatic N) is 3. The summed E-state index contributed by atoms with van der Waals surface area (Å²) in [7, 11) is 0. The normalized spacial score (nSPS) is 18.0. The topological polar surface area (TPSA) is 42.7 Å². The van der Waals surface area contributed by atoms with Crippen LogP contribution in [0.15, 0.2) is 6.33 Å². The van der Waals surface area contributed by atoms with Crippen molar-refractivity contribution in [2.24, 2.45) is 17.8 Å². The van der Waals surface area contributed by atoms with Crippen LogP contribution in [0.1, 0.15) is 52.3 Å². The third-order valence-corrected chi connectivity index (χ3v) is 4.40. The van der Waals surface area contributed by atoms with Gasteiger partial charge in [-0.2, -0.15) is 5.10 Å². The number of rotatable bonds is 8. The Hall–Kier alpha value is -0.900. The highest BCUT2D eigenvalue weighted by Gasteiger charge is 2.26. The molecule has 1 aromatic rings. The molecule has 20 heavy (non-hydrogen) atoms. The number of hydrogen-bond donors (Lipinski definition) is 1. The zero-order chi connectivity index (χ0) is 14.4. The fraction of sp³-hybridized carbons (Fsp3) is 0.875. The van der Waals surface area contributed by atoms with Gasteiger partial charge in [0.2, 0.25) is 0 Å². The van der Waals surface area contributed by atoms with Crippen LogP contribution in [0.5, 0.6) is 0 Å². The highest BCUT2D eigenvalue weighted by molar-refractivity contribution is 4.91. The van der Waals surface area contributed by atoms with Crippen LogP contribution < -0.4 is 5.32 Å². The fourth-order valence-electron chi connectivity index (χ4n) is 3.34. The average Bonchev–Trinajstić information content (AvgIpc) is 3.05. The van der Waals surface area contributed by atoms with Gasteiger partial charge in [-0.1, -0.05) is 46.5 Å². The first kappa shape index (κ1) is 15.5. The molecular weight excluding hydrogens is 248 g/mol. The lowest BCUT2D eigenvalue weighted by Gasteiger charge is -2.23. The maximum Gasteiger partial charge on any atom is 0.138 e. The van der Waals surface area contributed by atoms with Gasteiger partial charge >= 0.3 is 0 Å². The van der Waals surface area contributed by atoms with Crippen LogP contribution in [0.2, 0.25) is 0 Å². The lowest BCUT2D eigenvalue weighted by molar-refractivity contribution is 0.311. The molecule has 1 unspecified atom stereocenters. The molecule has 1 aliphatic carbocycles. The zero-order valence-corrected chi connectivity index (χ0v) is 13.3. The van der Waals surface area contributed by atoms with Crippen LogP contribution in [0.3, 0.4) is 0 Å². The van der Waals surface area contributed by atoms with Gasteiger partial charge in [0.1, 0.15) is 12.2 Å². The molecule has 1 aromatic heterocycles. The Morgan fingerprint density at radius 1 is 1.35 bits per heavy atom. The zero-order valence-electron chi connectivity index (χ0n) is 13.3. The minimum Gasteiger partial charge on any atom is -0.317 e. The highest BCUT2D eigenvalue weighted by Crippen LogP contribution is 2.32. The lowest BCUT2D eigenvalue weighted by atomic mass is 9.87. The van der Waals surface area contributed by atoms with E-state index in [0.29, 0.717) is 11.8 Å². The van der Waals surface area contributed by atoms with E-state index in [1.54, 1.807) is 6.33 Å². The molecule has 4 heteroatoms. The van der Waals surface area contributed by atoms with Crippen molar-refractivity contribution >= 4 is 0 Å². The minimum absolute atomic E-state index is 0.620. The predicted molar refractivity (Wildman–Crippen MR) is 82.6 cm³/mol. The lowest BCUT2D eigenvalue weighted by Crippen LogP contribution is -2.30. The molecule has 4 nitrogen and oxygen atoms in total. The van der Waals surface area contributed by atoms with Crippen LogP contribution >= 0.6 is 0 Å². The molecule has 1 atom stereocenters. The summed E-state index contributed by atoms with van der Waals surface area (Å²) in [6, 6.07) is 0. The van der Waals surface area contributed by atoms with Crippen LogP contribution in [-0.4, -0.2) is 27.9 Å². The first-order valence-electron chi connectivity index (χ1n) is 8.28. The molecule has 1 fully saturated rings. The van der Waals surface area contributed by atoms with Crippen molar-refractivity contribution in [3.63, 3.8) is 0 Å². The molecule has 0 radical (unpaired) electrons. The molecule has 0 aromatic carbocycles. The van der Waals surface area contributed by atoms with E-state index in [2.05, 4.69) is 40.9 Å². The van der Waals surface area contributed by atoms with Crippen LogP contribution in [0, 0.1) is 17.8 Å². The summed E-state index contributed by atoms with van der Waals surface area (Å²) in [6.45, 7) is 9.82. The Bertz CT molecular complexity index is 380. The molecular formula is C16H30N4. The first-order valence-corrected chi connectivity index (χ1v) is 8.28. The van der Waals surface area contributed by atoms with Gasteiger partial charge in [0.15, 0.2) is 0 Å². The van der Waals surface area contributed by atoms with E-state index < -0.39 is 0 Å². The maximum atomic E-state index is 4.51. The number of nitrogens with one attached hydrogen (secondary N) is 1. The Labute approximate surface area is 123 Å². The van der Waals surface area contributed by atoms with E-state index in [1.165, 1.54) is 31.5 Å². The summed E-state index contributed by atoms with van der Waals surface area (Å²) in [4.78, 5) is 4.51. The van der Waals surface area contributed by atoms with Gasteiger partial charge in [0.05, 0.1) is 0 Å². The molecule has 1 aliphatic rings. The van der Waals surface area contributed by atoms with Gasteiger partial charge < -0.3 is 5.32 Å². The van der Waals surface area contributed by atoms with E-state index in [9.17, 15) is 0 Å². The largest absolute Gasteiger partial charge is 0.317 e. The molecule has 0 aliphatic heterocycles. The van der Waals surface area contributed by atoms with E-state index in [4.69, 9.17) is 0 Å². The maximum absolute atomic E-state index is 4.51. The summed E-state index contributed by atoms with van der Waals surface area (Å²) in [5.41, 5.74) is 0. The second kappa shape index (κ2) is 7.77. The minimum atomic E-state index is 0.620. The number of hydrogen-bond acceptors (Lipinski definition) is 3. The van der Waals surface area contributed by atoms with Crippen molar-refractivity contribution in [2.45, 2.75) is 59.4 Å². The Morgan fingerprint density at radius 2 is 2.10 bits per heavy atom. The molecule has 2 rings (SSSR count). The third kappa shape index (κ3) is 4.30. The van der Waals surface area contributed by atoms with Crippen LogP contribution in [0.25, 0.3) is 0 Å². The second-order valence-electron chi connectivity index (χ2n) is 6.57. The number of aromatic nitrogens is 3. The smallest absolute Gasteiger partial charge is 0.138 e. The Balaban J connectivity index is 2.00. The second-order valence-corrected chi connectivity index (χ2v) is 6.57. The van der Waals surface area contributed by atoms with Crippen molar-refractivity contribution in [1.29, 1.82) is 0 Å². The first-order chi connectivity index (χ1) is 9.70. The molecule has 0 bridgehead atoms. The summed E-state index contributed by atoms with van der Waals surface area (Å²) in [6.07, 6.45) is 8.40. The van der Waals surface area contributed by atoms with Crippen molar-refractivity contribution in [1.82, 2.24) is 20.1 Å². The molecule has 114 valence electrons.